The molecule has 0 spiro atoms. The van der Waals surface area contributed by atoms with E-state index in [2.05, 4.69) is 61.9 Å². The number of pyridine rings is 1. The third-order valence-corrected chi connectivity index (χ3v) is 7.28. The van der Waals surface area contributed by atoms with Crippen molar-refractivity contribution in [3.8, 4) is 11.4 Å². The quantitative estimate of drug-likeness (QED) is 0.376. The summed E-state index contributed by atoms with van der Waals surface area (Å²) < 4.78 is 4.00. The van der Waals surface area contributed by atoms with Crippen molar-refractivity contribution in [2.24, 2.45) is 0 Å². The van der Waals surface area contributed by atoms with E-state index in [1.165, 1.54) is 21.7 Å². The molecule has 170 valence electrons. The third kappa shape index (κ3) is 4.01. The van der Waals surface area contributed by atoms with Crippen molar-refractivity contribution in [1.82, 2.24) is 29.3 Å². The van der Waals surface area contributed by atoms with E-state index < -0.39 is 0 Å². The van der Waals surface area contributed by atoms with Gasteiger partial charge in [0, 0.05) is 61.1 Å². The van der Waals surface area contributed by atoms with Gasteiger partial charge >= 0.3 is 0 Å². The van der Waals surface area contributed by atoms with Gasteiger partial charge in [0.25, 0.3) is 0 Å². The molecule has 1 aliphatic heterocycles. The Morgan fingerprint density at radius 2 is 1.97 bits per heavy atom. The minimum Gasteiger partial charge on any atom is -0.343 e. The Morgan fingerprint density at radius 1 is 1.03 bits per heavy atom. The molecular formula is C26H25N7S. The van der Waals surface area contributed by atoms with Crippen LogP contribution in [0.2, 0.25) is 0 Å². The first kappa shape index (κ1) is 20.8. The Hall–Kier alpha value is -3.78. The summed E-state index contributed by atoms with van der Waals surface area (Å²) in [6, 6.07) is 10.8. The van der Waals surface area contributed by atoms with Gasteiger partial charge in [0.2, 0.25) is 0 Å². The van der Waals surface area contributed by atoms with Crippen molar-refractivity contribution in [3.05, 3.63) is 101 Å². The molecule has 6 rings (SSSR count). The van der Waals surface area contributed by atoms with E-state index in [1.807, 2.05) is 42.5 Å². The van der Waals surface area contributed by atoms with Crippen LogP contribution in [-0.2, 0) is 19.4 Å². The highest BCUT2D eigenvalue weighted by molar-refractivity contribution is 7.15. The number of hydrogen-bond acceptors (Lipinski definition) is 6. The Morgan fingerprint density at radius 3 is 2.79 bits per heavy atom. The van der Waals surface area contributed by atoms with Crippen LogP contribution in [-0.4, -0.2) is 35.8 Å². The van der Waals surface area contributed by atoms with Crippen LogP contribution in [0.25, 0.3) is 11.4 Å². The van der Waals surface area contributed by atoms with Crippen LogP contribution >= 0.6 is 11.3 Å². The predicted octanol–water partition coefficient (Wildman–Crippen LogP) is 4.68. The molecule has 8 heteroatoms. The van der Waals surface area contributed by atoms with Gasteiger partial charge < -0.3 is 9.47 Å². The molecule has 7 nitrogen and oxygen atoms in total. The van der Waals surface area contributed by atoms with E-state index in [0.717, 1.165) is 53.8 Å². The molecule has 0 saturated heterocycles. The van der Waals surface area contributed by atoms with E-state index in [-0.39, 0.29) is 0 Å². The van der Waals surface area contributed by atoms with Gasteiger partial charge in [0.1, 0.15) is 5.82 Å². The first-order valence-corrected chi connectivity index (χ1v) is 12.2. The van der Waals surface area contributed by atoms with Gasteiger partial charge in [0.15, 0.2) is 5.13 Å². The highest BCUT2D eigenvalue weighted by atomic mass is 32.1. The van der Waals surface area contributed by atoms with Crippen LogP contribution in [0.15, 0.2) is 67.5 Å². The number of anilines is 1. The lowest BCUT2D eigenvalue weighted by Gasteiger charge is -2.29. The first-order chi connectivity index (χ1) is 16.6. The molecule has 1 aromatic carbocycles. The Balaban J connectivity index is 1.20. The molecule has 0 saturated carbocycles. The van der Waals surface area contributed by atoms with Crippen molar-refractivity contribution >= 4 is 16.5 Å². The number of aromatic nitrogens is 6. The van der Waals surface area contributed by atoms with Gasteiger partial charge in [-0.25, -0.2) is 14.6 Å². The maximum atomic E-state index is 4.77. The van der Waals surface area contributed by atoms with Gasteiger partial charge in [-0.1, -0.05) is 6.07 Å². The van der Waals surface area contributed by atoms with Crippen LogP contribution in [0.1, 0.15) is 33.1 Å². The summed E-state index contributed by atoms with van der Waals surface area (Å²) in [6.45, 7) is 5.95. The molecule has 0 amide bonds. The van der Waals surface area contributed by atoms with Gasteiger partial charge in [-0.15, -0.1) is 11.3 Å². The van der Waals surface area contributed by atoms with Crippen LogP contribution in [0, 0.1) is 13.8 Å². The minimum absolute atomic E-state index is 0.813. The Bertz CT molecular complexity index is 1450. The molecule has 0 N–H and O–H groups in total. The largest absolute Gasteiger partial charge is 0.343 e. The van der Waals surface area contributed by atoms with E-state index in [9.17, 15) is 0 Å². The lowest BCUT2D eigenvalue weighted by Crippen LogP contribution is -2.30. The van der Waals surface area contributed by atoms with E-state index in [1.54, 1.807) is 17.5 Å². The second-order valence-corrected chi connectivity index (χ2v) is 9.81. The molecule has 0 atom stereocenters. The lowest BCUT2D eigenvalue weighted by molar-refractivity contribution is 0.727. The first-order valence-electron chi connectivity index (χ1n) is 11.4. The Kier molecular flexibility index (Phi) is 5.22. The molecule has 0 fully saturated rings. The van der Waals surface area contributed by atoms with Crippen molar-refractivity contribution in [2.75, 3.05) is 11.4 Å². The third-order valence-electron chi connectivity index (χ3n) is 6.22. The lowest BCUT2D eigenvalue weighted by atomic mass is 9.99. The second-order valence-electron chi connectivity index (χ2n) is 8.71. The van der Waals surface area contributed by atoms with E-state index in [4.69, 9.17) is 4.98 Å². The van der Waals surface area contributed by atoms with Crippen LogP contribution in [0.4, 0.5) is 5.13 Å². The number of fused-ring (bicyclic) bond motifs is 1. The number of thiazole rings is 1. The smallest absolute Gasteiger partial charge is 0.185 e. The summed E-state index contributed by atoms with van der Waals surface area (Å²) >= 11 is 1.77. The van der Waals surface area contributed by atoms with Gasteiger partial charge in [-0.2, -0.15) is 5.10 Å². The van der Waals surface area contributed by atoms with Crippen LogP contribution in [0.5, 0.6) is 0 Å². The second kappa shape index (κ2) is 8.53. The van der Waals surface area contributed by atoms with Gasteiger partial charge in [-0.3, -0.25) is 4.98 Å². The maximum absolute atomic E-state index is 4.77. The molecule has 1 aliphatic rings. The summed E-state index contributed by atoms with van der Waals surface area (Å²) in [4.78, 5) is 17.4. The average molecular weight is 468 g/mol. The zero-order valence-corrected chi connectivity index (χ0v) is 20.0. The zero-order chi connectivity index (χ0) is 23.1. The molecule has 5 heterocycles. The zero-order valence-electron chi connectivity index (χ0n) is 19.2. The van der Waals surface area contributed by atoms with Crippen molar-refractivity contribution in [3.63, 3.8) is 0 Å². The highest BCUT2D eigenvalue weighted by Crippen LogP contribution is 2.30. The molecule has 0 aliphatic carbocycles. The monoisotopic (exact) mass is 467 g/mol. The van der Waals surface area contributed by atoms with Crippen LogP contribution in [0.3, 0.4) is 0 Å². The fourth-order valence-electron chi connectivity index (χ4n) is 4.58. The van der Waals surface area contributed by atoms with Crippen molar-refractivity contribution < 1.29 is 0 Å². The molecule has 0 bridgehead atoms. The number of imidazole rings is 1. The van der Waals surface area contributed by atoms with Gasteiger partial charge in [-0.05, 0) is 61.2 Å². The average Bonchev–Trinajstić information content (AvgIpc) is 3.60. The number of benzene rings is 1. The predicted molar refractivity (Wildman–Crippen MR) is 134 cm³/mol. The summed E-state index contributed by atoms with van der Waals surface area (Å²) in [6.07, 6.45) is 13.4. The molecule has 0 radical (unpaired) electrons. The summed E-state index contributed by atoms with van der Waals surface area (Å²) in [7, 11) is 0. The number of rotatable bonds is 5. The van der Waals surface area contributed by atoms with Crippen molar-refractivity contribution in [1.29, 1.82) is 0 Å². The topological polar surface area (TPSA) is 64.7 Å². The standard InChI is InChI=1S/C26H25N7S/c1-18-16-32(19(2)30-18)23-5-4-21-6-9-31(17-22(21)12-23)26-28-15-25(34-26)11-20-10-24(14-27-13-20)33-8-3-7-29-33/h3-5,7-8,10,12-16H,6,9,11,17H2,1-2H3. The molecular weight excluding hydrogens is 442 g/mol. The SMILES string of the molecule is Cc1cn(-c2ccc3c(c2)CN(c2ncc(Cc4cncc(-n5cccn5)c4)s2)CC3)c(C)n1. The number of aryl methyl sites for hydroxylation is 2. The number of hydrogen-bond donors (Lipinski definition) is 0. The normalized spacial score (nSPS) is 13.3. The van der Waals surface area contributed by atoms with Crippen molar-refractivity contribution in [2.45, 2.75) is 33.2 Å². The fraction of sp³-hybridized carbons (Fsp3) is 0.231. The van der Waals surface area contributed by atoms with E-state index >= 15 is 0 Å². The molecule has 4 aromatic heterocycles. The minimum atomic E-state index is 0.813. The fourth-order valence-corrected chi connectivity index (χ4v) is 5.55. The summed E-state index contributed by atoms with van der Waals surface area (Å²) in [5.74, 6) is 1.01. The molecule has 34 heavy (non-hydrogen) atoms. The maximum Gasteiger partial charge on any atom is 0.185 e. The summed E-state index contributed by atoms with van der Waals surface area (Å²) in [5.41, 5.74) is 7.12. The van der Waals surface area contributed by atoms with Crippen LogP contribution < -0.4 is 4.90 Å². The number of nitrogens with zero attached hydrogens (tertiary/aromatic N) is 7. The summed E-state index contributed by atoms with van der Waals surface area (Å²) in [5, 5.41) is 5.39. The molecule has 5 aromatic rings. The van der Waals surface area contributed by atoms with E-state index in [0.29, 0.717) is 0 Å². The molecule has 0 unspecified atom stereocenters. The Labute approximate surface area is 202 Å². The van der Waals surface area contributed by atoms with Gasteiger partial charge in [0.05, 0.1) is 17.6 Å². The highest BCUT2D eigenvalue weighted by Gasteiger charge is 2.20.